The molecule has 0 amide bonds. The lowest BCUT2D eigenvalue weighted by Gasteiger charge is -2.12. The van der Waals surface area contributed by atoms with E-state index in [2.05, 4.69) is 14.8 Å². The fraction of sp³-hybridized carbons (Fsp3) is 0.500. The number of hydrogen-bond acceptors (Lipinski definition) is 5. The highest BCUT2D eigenvalue weighted by Crippen LogP contribution is 2.20. The second-order valence-electron chi connectivity index (χ2n) is 4.24. The van der Waals surface area contributed by atoms with Crippen molar-refractivity contribution in [3.05, 3.63) is 24.3 Å². The van der Waals surface area contributed by atoms with E-state index in [1.54, 1.807) is 32.0 Å². The Kier molecular flexibility index (Phi) is 6.59. The maximum atomic E-state index is 12.0. The third-order valence-corrected chi connectivity index (χ3v) is 5.64. The molecule has 1 rings (SSSR count). The zero-order valence-corrected chi connectivity index (χ0v) is 13.7. The van der Waals surface area contributed by atoms with Crippen molar-refractivity contribution in [3.8, 4) is 0 Å². The molecule has 7 nitrogen and oxygen atoms in total. The van der Waals surface area contributed by atoms with E-state index in [-0.39, 0.29) is 23.7 Å². The van der Waals surface area contributed by atoms with Crippen molar-refractivity contribution in [3.63, 3.8) is 0 Å². The Morgan fingerprint density at radius 1 is 0.952 bits per heavy atom. The van der Waals surface area contributed by atoms with Crippen LogP contribution in [0.2, 0.25) is 0 Å². The Bertz CT molecular complexity index is 657. The molecule has 0 unspecified atom stereocenters. The molecular formula is C12H21N3O4S2. The van der Waals surface area contributed by atoms with Gasteiger partial charge >= 0.3 is 0 Å². The van der Waals surface area contributed by atoms with Gasteiger partial charge in [0.2, 0.25) is 20.0 Å². The second kappa shape index (κ2) is 7.74. The number of hydrogen-bond donors (Lipinski definition) is 3. The molecule has 1 aromatic carbocycles. The topological polar surface area (TPSA) is 104 Å². The lowest BCUT2D eigenvalue weighted by molar-refractivity contribution is 0.583. The standard InChI is InChI=1S/C12H21N3O4S2/c1-3-14-20(16,17)10-9-13-11-7-5-6-8-12(11)21(18,19)15-4-2/h5-8,13-15H,3-4,9-10H2,1-2H3. The van der Waals surface area contributed by atoms with Gasteiger partial charge in [-0.2, -0.15) is 0 Å². The van der Waals surface area contributed by atoms with E-state index in [0.29, 0.717) is 12.2 Å². The molecule has 0 aliphatic carbocycles. The number of anilines is 1. The Hall–Kier alpha value is -1.16. The molecule has 0 heterocycles. The fourth-order valence-corrected chi connectivity index (χ4v) is 3.90. The zero-order chi connectivity index (χ0) is 15.9. The number of sulfonamides is 2. The van der Waals surface area contributed by atoms with Crippen LogP contribution in [0.15, 0.2) is 29.2 Å². The maximum absolute atomic E-state index is 12.0. The van der Waals surface area contributed by atoms with Gasteiger partial charge in [0.1, 0.15) is 4.90 Å². The summed E-state index contributed by atoms with van der Waals surface area (Å²) >= 11 is 0. The first kappa shape index (κ1) is 17.9. The fourth-order valence-electron chi connectivity index (χ4n) is 1.73. The predicted octanol–water partition coefficient (Wildman–Crippen LogP) is 0.336. The van der Waals surface area contributed by atoms with Crippen molar-refractivity contribution >= 4 is 25.7 Å². The van der Waals surface area contributed by atoms with Crippen molar-refractivity contribution in [2.45, 2.75) is 18.7 Å². The summed E-state index contributed by atoms with van der Waals surface area (Å²) in [5.41, 5.74) is 0.380. The van der Waals surface area contributed by atoms with E-state index < -0.39 is 20.0 Å². The van der Waals surface area contributed by atoms with Crippen LogP contribution in [0.4, 0.5) is 5.69 Å². The predicted molar refractivity (Wildman–Crippen MR) is 83.3 cm³/mol. The zero-order valence-electron chi connectivity index (χ0n) is 12.1. The minimum atomic E-state index is -3.59. The summed E-state index contributed by atoms with van der Waals surface area (Å²) in [7, 11) is -6.93. The average Bonchev–Trinajstić information content (AvgIpc) is 2.38. The number of nitrogens with one attached hydrogen (secondary N) is 3. The van der Waals surface area contributed by atoms with Crippen molar-refractivity contribution in [1.82, 2.24) is 9.44 Å². The van der Waals surface area contributed by atoms with Gasteiger partial charge in [-0.15, -0.1) is 0 Å². The van der Waals surface area contributed by atoms with Gasteiger partial charge < -0.3 is 5.32 Å². The second-order valence-corrected chi connectivity index (χ2v) is 7.90. The Morgan fingerprint density at radius 3 is 2.19 bits per heavy atom. The summed E-state index contributed by atoms with van der Waals surface area (Å²) in [6.45, 7) is 4.12. The Balaban J connectivity index is 2.82. The Labute approximate surface area is 126 Å². The lowest BCUT2D eigenvalue weighted by Crippen LogP contribution is -2.29. The van der Waals surface area contributed by atoms with E-state index >= 15 is 0 Å². The molecule has 0 aliphatic rings. The van der Waals surface area contributed by atoms with Crippen molar-refractivity contribution in [2.24, 2.45) is 0 Å². The first-order valence-electron chi connectivity index (χ1n) is 6.62. The van der Waals surface area contributed by atoms with Gasteiger partial charge in [-0.25, -0.2) is 26.3 Å². The number of rotatable bonds is 9. The highest BCUT2D eigenvalue weighted by atomic mass is 32.2. The summed E-state index contributed by atoms with van der Waals surface area (Å²) in [4.78, 5) is 0.104. The van der Waals surface area contributed by atoms with Crippen molar-refractivity contribution < 1.29 is 16.8 Å². The number of para-hydroxylation sites is 1. The van der Waals surface area contributed by atoms with Crippen LogP contribution in [0.1, 0.15) is 13.8 Å². The van der Waals surface area contributed by atoms with Crippen LogP contribution in [0.25, 0.3) is 0 Å². The lowest BCUT2D eigenvalue weighted by atomic mass is 10.3. The summed E-state index contributed by atoms with van der Waals surface area (Å²) in [5, 5.41) is 2.85. The molecule has 0 radical (unpaired) electrons. The van der Waals surface area contributed by atoms with E-state index in [1.165, 1.54) is 6.07 Å². The molecule has 0 atom stereocenters. The van der Waals surface area contributed by atoms with Crippen LogP contribution in [0.5, 0.6) is 0 Å². The van der Waals surface area contributed by atoms with Gasteiger partial charge in [0.15, 0.2) is 0 Å². The maximum Gasteiger partial charge on any atom is 0.242 e. The van der Waals surface area contributed by atoms with Crippen molar-refractivity contribution in [1.29, 1.82) is 0 Å². The van der Waals surface area contributed by atoms with E-state index in [0.717, 1.165) is 0 Å². The summed E-state index contributed by atoms with van der Waals surface area (Å²) in [5.74, 6) is -0.129. The van der Waals surface area contributed by atoms with Gasteiger partial charge in [0.05, 0.1) is 11.4 Å². The van der Waals surface area contributed by atoms with Gasteiger partial charge in [0, 0.05) is 19.6 Å². The average molecular weight is 335 g/mol. The van der Waals surface area contributed by atoms with Crippen molar-refractivity contribution in [2.75, 3.05) is 30.7 Å². The number of benzene rings is 1. The molecule has 0 bridgehead atoms. The molecule has 1 aromatic rings. The smallest absolute Gasteiger partial charge is 0.242 e. The third kappa shape index (κ3) is 5.62. The summed E-state index contributed by atoms with van der Waals surface area (Å²) < 4.78 is 51.9. The van der Waals surface area contributed by atoms with Gasteiger partial charge in [0.25, 0.3) is 0 Å². The van der Waals surface area contributed by atoms with Gasteiger partial charge in [-0.3, -0.25) is 0 Å². The molecule has 0 saturated heterocycles. The minimum absolute atomic E-state index is 0.104. The van der Waals surface area contributed by atoms with Crippen LogP contribution < -0.4 is 14.8 Å². The molecule has 0 spiro atoms. The highest BCUT2D eigenvalue weighted by molar-refractivity contribution is 7.89. The normalized spacial score (nSPS) is 12.3. The van der Waals surface area contributed by atoms with Crippen LogP contribution in [0, 0.1) is 0 Å². The molecule has 0 saturated carbocycles. The van der Waals surface area contributed by atoms with Gasteiger partial charge in [-0.1, -0.05) is 26.0 Å². The minimum Gasteiger partial charge on any atom is -0.383 e. The SMILES string of the molecule is CCNS(=O)(=O)CCNc1ccccc1S(=O)(=O)NCC. The van der Waals surface area contributed by atoms with E-state index in [1.807, 2.05) is 0 Å². The van der Waals surface area contributed by atoms with E-state index in [4.69, 9.17) is 0 Å². The summed E-state index contributed by atoms with van der Waals surface area (Å²) in [6.07, 6.45) is 0. The van der Waals surface area contributed by atoms with Crippen LogP contribution >= 0.6 is 0 Å². The van der Waals surface area contributed by atoms with Crippen LogP contribution in [0.3, 0.4) is 0 Å². The molecular weight excluding hydrogens is 314 g/mol. The highest BCUT2D eigenvalue weighted by Gasteiger charge is 2.17. The molecule has 21 heavy (non-hydrogen) atoms. The van der Waals surface area contributed by atoms with E-state index in [9.17, 15) is 16.8 Å². The molecule has 120 valence electrons. The molecule has 0 aromatic heterocycles. The largest absolute Gasteiger partial charge is 0.383 e. The molecule has 0 aliphatic heterocycles. The van der Waals surface area contributed by atoms with Gasteiger partial charge in [-0.05, 0) is 12.1 Å². The van der Waals surface area contributed by atoms with Crippen LogP contribution in [-0.4, -0.2) is 42.2 Å². The molecule has 3 N–H and O–H groups in total. The first-order valence-corrected chi connectivity index (χ1v) is 9.76. The molecule has 0 fully saturated rings. The monoisotopic (exact) mass is 335 g/mol. The first-order chi connectivity index (χ1) is 9.82. The third-order valence-electron chi connectivity index (χ3n) is 2.56. The van der Waals surface area contributed by atoms with Crippen LogP contribution in [-0.2, 0) is 20.0 Å². The molecule has 9 heteroatoms. The Morgan fingerprint density at radius 2 is 1.57 bits per heavy atom. The quantitative estimate of drug-likeness (QED) is 0.603. The summed E-state index contributed by atoms with van der Waals surface area (Å²) in [6, 6.07) is 6.38.